The lowest BCUT2D eigenvalue weighted by molar-refractivity contribution is -0.385. The molecular formula is C21H21BrClFN6O4. The van der Waals surface area contributed by atoms with Crippen LogP contribution in [0.2, 0.25) is 5.02 Å². The number of amides is 1. The quantitative estimate of drug-likeness (QED) is 0.228. The zero-order valence-electron chi connectivity index (χ0n) is 18.4. The van der Waals surface area contributed by atoms with Gasteiger partial charge in [0.1, 0.15) is 18.8 Å². The maximum absolute atomic E-state index is 14.5. The number of nitrogens with one attached hydrogen (secondary N) is 2. The predicted octanol–water partition coefficient (Wildman–Crippen LogP) is 4.28. The summed E-state index contributed by atoms with van der Waals surface area (Å²) in [6.07, 6.45) is 1.24. The summed E-state index contributed by atoms with van der Waals surface area (Å²) in [4.78, 5) is 33.0. The lowest BCUT2D eigenvalue weighted by Gasteiger charge is -2.17. The van der Waals surface area contributed by atoms with Crippen molar-refractivity contribution in [2.45, 2.75) is 13.0 Å². The highest BCUT2D eigenvalue weighted by molar-refractivity contribution is 9.10. The van der Waals surface area contributed by atoms with Gasteiger partial charge in [-0.15, -0.1) is 0 Å². The minimum atomic E-state index is -0.706. The van der Waals surface area contributed by atoms with Gasteiger partial charge in [-0.3, -0.25) is 14.9 Å². The third-order valence-corrected chi connectivity index (χ3v) is 5.82. The molecule has 3 rings (SSSR count). The molecule has 1 heterocycles. The van der Waals surface area contributed by atoms with Crippen LogP contribution in [0, 0.1) is 15.9 Å². The molecule has 13 heteroatoms. The average Bonchev–Trinajstić information content (AvgIpc) is 2.76. The number of rotatable bonds is 9. The number of nitro groups is 1. The summed E-state index contributed by atoms with van der Waals surface area (Å²) < 4.78 is 20.6. The molecule has 0 aliphatic carbocycles. The molecule has 0 fully saturated rings. The number of halogens is 3. The second-order valence-electron chi connectivity index (χ2n) is 7.68. The van der Waals surface area contributed by atoms with Crippen LogP contribution in [0.1, 0.15) is 6.92 Å². The fourth-order valence-corrected chi connectivity index (χ4v) is 3.52. The van der Waals surface area contributed by atoms with E-state index in [1.54, 1.807) is 32.0 Å². The number of aromatic nitrogens is 2. The standard InChI is InChI=1S/C21H21BrClFN6O4/c1-11(27-18(31)8-29(2)3)9-34-17-7-15-12(6-16(17)30(32)33)21(26-10-25-15)28-14-5-4-13(22)19(23)20(14)24/h4-7,10-11H,8-9H2,1-3H3,(H,27,31)(H,25,26,28)/t11-/m1/s1. The van der Waals surface area contributed by atoms with Crippen molar-refractivity contribution in [1.82, 2.24) is 20.2 Å². The first-order valence-corrected chi connectivity index (χ1v) is 11.1. The Balaban J connectivity index is 1.88. The Morgan fingerprint density at radius 2 is 2.09 bits per heavy atom. The van der Waals surface area contributed by atoms with Gasteiger partial charge in [-0.05, 0) is 49.1 Å². The Morgan fingerprint density at radius 3 is 2.76 bits per heavy atom. The Labute approximate surface area is 207 Å². The molecule has 0 saturated heterocycles. The summed E-state index contributed by atoms with van der Waals surface area (Å²) in [5.41, 5.74) is 0.0518. The monoisotopic (exact) mass is 554 g/mol. The lowest BCUT2D eigenvalue weighted by atomic mass is 10.2. The molecule has 0 spiro atoms. The number of benzene rings is 2. The predicted molar refractivity (Wildman–Crippen MR) is 130 cm³/mol. The highest BCUT2D eigenvalue weighted by Gasteiger charge is 2.21. The number of carbonyl (C=O) groups is 1. The van der Waals surface area contributed by atoms with E-state index in [9.17, 15) is 19.3 Å². The molecule has 34 heavy (non-hydrogen) atoms. The number of carbonyl (C=O) groups excluding carboxylic acids is 1. The third kappa shape index (κ3) is 6.07. The first-order chi connectivity index (χ1) is 16.1. The maximum Gasteiger partial charge on any atom is 0.311 e. The van der Waals surface area contributed by atoms with Crippen LogP contribution in [0.15, 0.2) is 35.1 Å². The molecule has 2 aromatic carbocycles. The van der Waals surface area contributed by atoms with Crippen molar-refractivity contribution in [1.29, 1.82) is 0 Å². The number of nitrogens with zero attached hydrogens (tertiary/aromatic N) is 4. The number of hydrogen-bond donors (Lipinski definition) is 2. The maximum atomic E-state index is 14.5. The molecule has 0 aliphatic rings. The van der Waals surface area contributed by atoms with E-state index >= 15 is 0 Å². The van der Waals surface area contributed by atoms with Crippen molar-refractivity contribution in [3.63, 3.8) is 0 Å². The van der Waals surface area contributed by atoms with Gasteiger partial charge < -0.3 is 20.3 Å². The fraction of sp³-hybridized carbons (Fsp3) is 0.286. The number of ether oxygens (including phenoxy) is 1. The molecule has 1 amide bonds. The highest BCUT2D eigenvalue weighted by atomic mass is 79.9. The van der Waals surface area contributed by atoms with E-state index in [4.69, 9.17) is 16.3 Å². The Kier molecular flexibility index (Phi) is 8.18. The van der Waals surface area contributed by atoms with Gasteiger partial charge in [0.15, 0.2) is 11.6 Å². The number of nitro benzene ring substituents is 1. The van der Waals surface area contributed by atoms with E-state index in [-0.39, 0.29) is 52.4 Å². The van der Waals surface area contributed by atoms with Crippen LogP contribution >= 0.6 is 27.5 Å². The van der Waals surface area contributed by atoms with Crippen LogP contribution in [0.3, 0.4) is 0 Å². The topological polar surface area (TPSA) is 123 Å². The van der Waals surface area contributed by atoms with Crippen molar-refractivity contribution in [2.75, 3.05) is 32.6 Å². The second kappa shape index (κ2) is 10.9. The largest absolute Gasteiger partial charge is 0.485 e. The highest BCUT2D eigenvalue weighted by Crippen LogP contribution is 2.36. The van der Waals surface area contributed by atoms with Gasteiger partial charge in [-0.2, -0.15) is 0 Å². The molecule has 3 aromatic rings. The Hall–Kier alpha value is -3.09. The summed E-state index contributed by atoms with van der Waals surface area (Å²) in [7, 11) is 3.54. The van der Waals surface area contributed by atoms with Crippen LogP contribution in [0.25, 0.3) is 10.9 Å². The third-order valence-electron chi connectivity index (χ3n) is 4.56. The lowest BCUT2D eigenvalue weighted by Crippen LogP contribution is -2.41. The summed E-state index contributed by atoms with van der Waals surface area (Å²) in [6, 6.07) is 5.27. The molecule has 0 unspecified atom stereocenters. The molecule has 0 radical (unpaired) electrons. The zero-order chi connectivity index (χ0) is 25.0. The van der Waals surface area contributed by atoms with Crippen LogP contribution in [-0.4, -0.2) is 59.0 Å². The fourth-order valence-electron chi connectivity index (χ4n) is 3.04. The van der Waals surface area contributed by atoms with Gasteiger partial charge in [0.2, 0.25) is 5.91 Å². The zero-order valence-corrected chi connectivity index (χ0v) is 20.8. The smallest absolute Gasteiger partial charge is 0.311 e. The summed E-state index contributed by atoms with van der Waals surface area (Å²) >= 11 is 9.09. The SMILES string of the molecule is C[C@H](COc1cc2ncnc(Nc3ccc(Br)c(Cl)c3F)c2cc1[N+](=O)[O-])NC(=O)CN(C)C. The first kappa shape index (κ1) is 25.5. The van der Waals surface area contributed by atoms with Crippen molar-refractivity contribution in [2.24, 2.45) is 0 Å². The van der Waals surface area contributed by atoms with E-state index < -0.39 is 16.8 Å². The van der Waals surface area contributed by atoms with Crippen LogP contribution in [-0.2, 0) is 4.79 Å². The van der Waals surface area contributed by atoms with Crippen LogP contribution in [0.5, 0.6) is 5.75 Å². The van der Waals surface area contributed by atoms with Crippen molar-refractivity contribution < 1.29 is 18.8 Å². The summed E-state index contributed by atoms with van der Waals surface area (Å²) in [5.74, 6) is -0.768. The number of hydrogen-bond acceptors (Lipinski definition) is 8. The van der Waals surface area contributed by atoms with E-state index in [1.165, 1.54) is 24.5 Å². The number of anilines is 2. The molecule has 180 valence electrons. The molecule has 1 atom stereocenters. The first-order valence-electron chi connectivity index (χ1n) is 9.97. The van der Waals surface area contributed by atoms with E-state index in [0.717, 1.165) is 0 Å². The van der Waals surface area contributed by atoms with Crippen LogP contribution < -0.4 is 15.4 Å². The Bertz CT molecular complexity index is 1250. The van der Waals surface area contributed by atoms with E-state index in [1.807, 2.05) is 0 Å². The normalized spacial score (nSPS) is 12.0. The molecule has 0 aliphatic heterocycles. The minimum absolute atomic E-state index is 0.00428. The van der Waals surface area contributed by atoms with Gasteiger partial charge in [0.05, 0.1) is 39.1 Å². The number of fused-ring (bicyclic) bond motifs is 1. The minimum Gasteiger partial charge on any atom is -0.485 e. The molecule has 2 N–H and O–H groups in total. The second-order valence-corrected chi connectivity index (χ2v) is 8.91. The molecular weight excluding hydrogens is 535 g/mol. The van der Waals surface area contributed by atoms with E-state index in [0.29, 0.717) is 9.99 Å². The van der Waals surface area contributed by atoms with Gasteiger partial charge in [0, 0.05) is 16.6 Å². The van der Waals surface area contributed by atoms with Crippen molar-refractivity contribution >= 4 is 61.5 Å². The average molecular weight is 556 g/mol. The van der Waals surface area contributed by atoms with Crippen molar-refractivity contribution in [3.05, 3.63) is 56.0 Å². The Morgan fingerprint density at radius 1 is 1.35 bits per heavy atom. The van der Waals surface area contributed by atoms with Crippen LogP contribution in [0.4, 0.5) is 21.6 Å². The van der Waals surface area contributed by atoms with Crippen molar-refractivity contribution in [3.8, 4) is 5.75 Å². The van der Waals surface area contributed by atoms with Gasteiger partial charge >= 0.3 is 5.69 Å². The number of likely N-dealkylation sites (N-methyl/N-ethyl adjacent to an activating group) is 1. The summed E-state index contributed by atoms with van der Waals surface area (Å²) in [6.45, 7) is 1.93. The molecule has 0 saturated carbocycles. The summed E-state index contributed by atoms with van der Waals surface area (Å²) in [5, 5.41) is 17.5. The van der Waals surface area contributed by atoms with Gasteiger partial charge in [0.25, 0.3) is 0 Å². The van der Waals surface area contributed by atoms with E-state index in [2.05, 4.69) is 36.5 Å². The molecule has 10 nitrogen and oxygen atoms in total. The van der Waals surface area contributed by atoms with Gasteiger partial charge in [-0.25, -0.2) is 14.4 Å². The molecule has 0 bridgehead atoms. The molecule has 1 aromatic heterocycles. The van der Waals surface area contributed by atoms with Gasteiger partial charge in [-0.1, -0.05) is 11.6 Å².